The molecule has 0 heterocycles. The van der Waals surface area contributed by atoms with Crippen LogP contribution in [0, 0.1) is 23.7 Å². The standard InChI is InChI=1S/C87H171N3O16/c1-10-18-26-42-64-99-76-80(72-95-60-22-14-5)84(91)103-68-46-34-30-38-54-89(55-39-31-35-47-69-104-85(92)81(73-96-61-23-15-6)77-100-65-43-27-19-11-2)58-50-52-88(9)53-51-59-90(56-40-32-36-48-70-105-86(93)82(74-97-62-24-16-7)78-101-66-44-28-20-12-3)57-41-33-37-49-71-106-87(94)83(75-98-63-25-17-8)79-102-67-45-29-21-13-4/h80-83H,10-79H2,1-9H3. The van der Waals surface area contributed by atoms with Gasteiger partial charge in [-0.25, -0.2) is 0 Å². The Morgan fingerprint density at radius 1 is 0.198 bits per heavy atom. The zero-order chi connectivity index (χ0) is 77.3. The fraction of sp³-hybridized carbons (Fsp3) is 0.954. The lowest BCUT2D eigenvalue weighted by molar-refractivity contribution is -0.154. The molecule has 0 aliphatic heterocycles. The Morgan fingerprint density at radius 2 is 0.368 bits per heavy atom. The van der Waals surface area contributed by atoms with Crippen LogP contribution in [0.3, 0.4) is 0 Å². The first-order chi connectivity index (χ1) is 52.0. The van der Waals surface area contributed by atoms with Crippen molar-refractivity contribution in [2.24, 2.45) is 23.7 Å². The minimum atomic E-state index is -0.396. The molecule has 19 nitrogen and oxygen atoms in total. The molecule has 0 spiro atoms. The number of hydrogen-bond donors (Lipinski definition) is 0. The highest BCUT2D eigenvalue weighted by molar-refractivity contribution is 5.74. The second-order valence-electron chi connectivity index (χ2n) is 30.1. The summed E-state index contributed by atoms with van der Waals surface area (Å²) in [5.74, 6) is -2.42. The quantitative estimate of drug-likeness (QED) is 0.0317. The van der Waals surface area contributed by atoms with Crippen molar-refractivity contribution in [3.05, 3.63) is 0 Å². The Kier molecular flexibility index (Phi) is 81.4. The molecular formula is C87H171N3O16. The number of nitrogens with zero attached hydrogens (tertiary/aromatic N) is 3. The summed E-state index contributed by atoms with van der Waals surface area (Å²) in [6.45, 7) is 35.3. The van der Waals surface area contributed by atoms with Gasteiger partial charge in [0, 0.05) is 52.9 Å². The van der Waals surface area contributed by atoms with Crippen LogP contribution in [0.1, 0.15) is 325 Å². The van der Waals surface area contributed by atoms with Gasteiger partial charge in [-0.3, -0.25) is 19.2 Å². The molecule has 0 fully saturated rings. The van der Waals surface area contributed by atoms with Crippen molar-refractivity contribution in [3.63, 3.8) is 0 Å². The maximum atomic E-state index is 13.2. The topological polar surface area (TPSA) is 189 Å². The van der Waals surface area contributed by atoms with Crippen LogP contribution in [0.2, 0.25) is 0 Å². The Bertz CT molecular complexity index is 1600. The molecular weight excluding hydrogens is 1340 g/mol. The number of rotatable bonds is 88. The summed E-state index contributed by atoms with van der Waals surface area (Å²) < 4.78 is 70.6. The van der Waals surface area contributed by atoms with Crippen molar-refractivity contribution in [2.75, 3.05) is 192 Å². The van der Waals surface area contributed by atoms with Gasteiger partial charge in [0.2, 0.25) is 0 Å². The fourth-order valence-corrected chi connectivity index (χ4v) is 12.3. The Hall–Kier alpha value is -2.56. The lowest BCUT2D eigenvalue weighted by Crippen LogP contribution is -2.32. The third kappa shape index (κ3) is 69.4. The largest absolute Gasteiger partial charge is 0.465 e. The lowest BCUT2D eigenvalue weighted by Gasteiger charge is -2.26. The first-order valence-electron chi connectivity index (χ1n) is 44.5. The summed E-state index contributed by atoms with van der Waals surface area (Å²) in [6, 6.07) is 0. The summed E-state index contributed by atoms with van der Waals surface area (Å²) in [5, 5.41) is 0. The van der Waals surface area contributed by atoms with Gasteiger partial charge in [0.05, 0.1) is 79.3 Å². The van der Waals surface area contributed by atoms with Crippen LogP contribution < -0.4 is 0 Å². The SMILES string of the molecule is CCCCCCOCC(COCCCC)C(=O)OCCCCCCN(CCCCCCOC(=O)C(COCCCC)COCCCCCC)CCCN(C)CCCN(CCCCCCOC(=O)C(COCCCC)COCCCCCC)CCCCCCOC(=O)C(COCCCC)COCCCCCC. The molecule has 0 bridgehead atoms. The Morgan fingerprint density at radius 3 is 0.575 bits per heavy atom. The van der Waals surface area contributed by atoms with Crippen molar-refractivity contribution >= 4 is 23.9 Å². The maximum Gasteiger partial charge on any atom is 0.313 e. The summed E-state index contributed by atoms with van der Waals surface area (Å²) in [6.07, 6.45) is 44.5. The number of carbonyl (C=O) groups excluding carboxylic acids is 4. The van der Waals surface area contributed by atoms with E-state index >= 15 is 0 Å². The summed E-state index contributed by atoms with van der Waals surface area (Å²) in [5.41, 5.74) is 0. The van der Waals surface area contributed by atoms with E-state index in [2.05, 4.69) is 77.1 Å². The lowest BCUT2D eigenvalue weighted by atomic mass is 10.1. The van der Waals surface area contributed by atoms with E-state index in [0.29, 0.717) is 132 Å². The Balaban J connectivity index is 5.79. The molecule has 19 heteroatoms. The predicted octanol–water partition coefficient (Wildman–Crippen LogP) is 18.8. The highest BCUT2D eigenvalue weighted by Gasteiger charge is 2.25. The van der Waals surface area contributed by atoms with Gasteiger partial charge in [0.15, 0.2) is 0 Å². The molecule has 0 aliphatic rings. The van der Waals surface area contributed by atoms with E-state index in [1.165, 1.54) is 51.4 Å². The third-order valence-electron chi connectivity index (χ3n) is 19.5. The van der Waals surface area contributed by atoms with Crippen LogP contribution >= 0.6 is 0 Å². The van der Waals surface area contributed by atoms with Gasteiger partial charge in [0.25, 0.3) is 0 Å². The molecule has 0 aromatic heterocycles. The predicted molar refractivity (Wildman–Crippen MR) is 434 cm³/mol. The maximum absolute atomic E-state index is 13.2. The second-order valence-corrected chi connectivity index (χ2v) is 30.1. The number of hydrogen-bond acceptors (Lipinski definition) is 19. The minimum absolute atomic E-state index is 0.210. The Labute approximate surface area is 651 Å². The first-order valence-corrected chi connectivity index (χ1v) is 44.5. The van der Waals surface area contributed by atoms with E-state index in [1.807, 2.05) is 0 Å². The zero-order valence-electron chi connectivity index (χ0n) is 70.7. The van der Waals surface area contributed by atoms with E-state index < -0.39 is 23.7 Å². The molecule has 106 heavy (non-hydrogen) atoms. The molecule has 0 radical (unpaired) electrons. The average molecular weight is 1520 g/mol. The highest BCUT2D eigenvalue weighted by atomic mass is 16.6. The molecule has 630 valence electrons. The normalized spacial score (nSPS) is 12.9. The van der Waals surface area contributed by atoms with Crippen LogP contribution in [0.4, 0.5) is 0 Å². The van der Waals surface area contributed by atoms with Crippen LogP contribution in [0.5, 0.6) is 0 Å². The summed E-state index contributed by atoms with van der Waals surface area (Å²) in [4.78, 5) is 60.8. The minimum Gasteiger partial charge on any atom is -0.465 e. The molecule has 0 aromatic rings. The molecule has 0 N–H and O–H groups in total. The molecule has 0 aliphatic carbocycles. The van der Waals surface area contributed by atoms with Gasteiger partial charge in [-0.2, -0.15) is 0 Å². The van der Waals surface area contributed by atoms with Gasteiger partial charge in [-0.05, 0) is 175 Å². The van der Waals surface area contributed by atoms with Gasteiger partial charge in [0.1, 0.15) is 23.7 Å². The molecule has 0 amide bonds. The van der Waals surface area contributed by atoms with Gasteiger partial charge in [-0.1, -0.05) is 209 Å². The molecule has 4 atom stereocenters. The monoisotopic (exact) mass is 1510 g/mol. The fourth-order valence-electron chi connectivity index (χ4n) is 12.3. The highest BCUT2D eigenvalue weighted by Crippen LogP contribution is 2.16. The van der Waals surface area contributed by atoms with Crippen molar-refractivity contribution in [1.82, 2.24) is 14.7 Å². The number of esters is 4. The molecule has 4 unspecified atom stereocenters. The van der Waals surface area contributed by atoms with E-state index in [9.17, 15) is 19.2 Å². The van der Waals surface area contributed by atoms with Crippen LogP contribution in [-0.2, 0) is 76.0 Å². The second kappa shape index (κ2) is 83.4. The molecule has 0 aromatic carbocycles. The van der Waals surface area contributed by atoms with Crippen LogP contribution in [-0.4, -0.2) is 230 Å². The molecule has 0 rings (SSSR count). The van der Waals surface area contributed by atoms with Crippen molar-refractivity contribution in [3.8, 4) is 0 Å². The summed E-state index contributed by atoms with van der Waals surface area (Å²) in [7, 11) is 2.27. The van der Waals surface area contributed by atoms with Crippen LogP contribution in [0.15, 0.2) is 0 Å². The molecule has 0 saturated carbocycles. The van der Waals surface area contributed by atoms with E-state index in [1.54, 1.807) is 0 Å². The summed E-state index contributed by atoms with van der Waals surface area (Å²) >= 11 is 0. The van der Waals surface area contributed by atoms with Gasteiger partial charge < -0.3 is 71.5 Å². The number of carbonyl (C=O) groups is 4. The van der Waals surface area contributed by atoms with E-state index in [0.717, 1.165) is 271 Å². The third-order valence-corrected chi connectivity index (χ3v) is 19.5. The van der Waals surface area contributed by atoms with Gasteiger partial charge in [-0.15, -0.1) is 0 Å². The molecule has 0 saturated heterocycles. The van der Waals surface area contributed by atoms with Crippen molar-refractivity contribution in [2.45, 2.75) is 325 Å². The first kappa shape index (κ1) is 103. The smallest absolute Gasteiger partial charge is 0.313 e. The number of ether oxygens (including phenoxy) is 12. The number of unbranched alkanes of at least 4 members (excludes halogenated alkanes) is 28. The van der Waals surface area contributed by atoms with Gasteiger partial charge >= 0.3 is 23.9 Å². The van der Waals surface area contributed by atoms with E-state index in [-0.39, 0.29) is 23.9 Å². The average Bonchev–Trinajstić information content (AvgIpc) is 1.00. The van der Waals surface area contributed by atoms with Crippen LogP contribution in [0.25, 0.3) is 0 Å². The van der Waals surface area contributed by atoms with Crippen molar-refractivity contribution < 1.29 is 76.0 Å². The zero-order valence-corrected chi connectivity index (χ0v) is 70.7. The van der Waals surface area contributed by atoms with E-state index in [4.69, 9.17) is 56.8 Å². The van der Waals surface area contributed by atoms with Crippen molar-refractivity contribution in [1.29, 1.82) is 0 Å².